The Labute approximate surface area is 55.1 Å². The van der Waals surface area contributed by atoms with E-state index in [-0.39, 0.29) is 0 Å². The van der Waals surface area contributed by atoms with E-state index in [0.717, 1.165) is 5.57 Å². The summed E-state index contributed by atoms with van der Waals surface area (Å²) >= 11 is 0. The first-order chi connectivity index (χ1) is 4.31. The molecule has 2 heteroatoms. The van der Waals surface area contributed by atoms with Crippen molar-refractivity contribution in [2.24, 2.45) is 0 Å². The highest BCUT2D eigenvalue weighted by Gasteiger charge is 1.76. The van der Waals surface area contributed by atoms with E-state index >= 15 is 0 Å². The van der Waals surface area contributed by atoms with Crippen LogP contribution < -0.4 is 0 Å². The maximum absolute atomic E-state index is 8.13. The Bertz CT molecular complexity index is 162. The second-order valence-corrected chi connectivity index (χ2v) is 1.56. The lowest BCUT2D eigenvalue weighted by Crippen LogP contribution is -1.68. The van der Waals surface area contributed by atoms with Crippen molar-refractivity contribution in [2.45, 2.75) is 6.92 Å². The van der Waals surface area contributed by atoms with Crippen LogP contribution in [0, 0.1) is 11.3 Å². The minimum Gasteiger partial charge on any atom is -0.504 e. The third-order valence-corrected chi connectivity index (χ3v) is 0.759. The van der Waals surface area contributed by atoms with Gasteiger partial charge in [-0.2, -0.15) is 5.26 Å². The van der Waals surface area contributed by atoms with Crippen LogP contribution in [0.25, 0.3) is 0 Å². The lowest BCUT2D eigenvalue weighted by atomic mass is 10.3. The highest BCUT2D eigenvalue weighted by atomic mass is 16.5. The molecule has 48 valence electrons. The first-order valence-corrected chi connectivity index (χ1v) is 2.57. The molecule has 0 aliphatic rings. The number of ether oxygens (including phenoxy) is 1. The second-order valence-electron chi connectivity index (χ2n) is 1.56. The minimum absolute atomic E-state index is 0.888. The van der Waals surface area contributed by atoms with Gasteiger partial charge in [0, 0.05) is 6.08 Å². The third kappa shape index (κ3) is 4.63. The van der Waals surface area contributed by atoms with E-state index in [1.807, 2.05) is 13.0 Å². The quantitative estimate of drug-likeness (QED) is 0.317. The molecule has 0 amide bonds. The van der Waals surface area contributed by atoms with Crippen LogP contribution in [-0.4, -0.2) is 7.11 Å². The molecule has 0 spiro atoms. The summed E-state index contributed by atoms with van der Waals surface area (Å²) in [5.74, 6) is 0. The molecule has 0 aliphatic heterocycles. The number of methoxy groups -OCH3 is 1. The van der Waals surface area contributed by atoms with Crippen molar-refractivity contribution in [3.63, 3.8) is 0 Å². The summed E-state index contributed by atoms with van der Waals surface area (Å²) in [6.07, 6.45) is 4.71. The molecule has 9 heavy (non-hydrogen) atoms. The third-order valence-electron chi connectivity index (χ3n) is 0.759. The standard InChI is InChI=1S/C7H9NO/c1-7(3-5-8)4-6-9-2/h3-4,6H,1-2H3. The van der Waals surface area contributed by atoms with E-state index in [9.17, 15) is 0 Å². The van der Waals surface area contributed by atoms with Crippen molar-refractivity contribution < 1.29 is 4.74 Å². The molecule has 0 unspecified atom stereocenters. The molecule has 0 N–H and O–H groups in total. The molecular formula is C7H9NO. The van der Waals surface area contributed by atoms with Crippen LogP contribution in [0.5, 0.6) is 0 Å². The predicted octanol–water partition coefficient (Wildman–Crippen LogP) is 1.62. The molecule has 0 aromatic heterocycles. The van der Waals surface area contributed by atoms with Crippen molar-refractivity contribution in [1.82, 2.24) is 0 Å². The number of hydrogen-bond acceptors (Lipinski definition) is 2. The number of rotatable bonds is 2. The van der Waals surface area contributed by atoms with E-state index < -0.39 is 0 Å². The Morgan fingerprint density at radius 2 is 2.33 bits per heavy atom. The maximum atomic E-state index is 8.13. The SMILES string of the molecule is COC=CC(C)=CC#N. The van der Waals surface area contributed by atoms with Crippen LogP contribution in [0.1, 0.15) is 6.92 Å². The van der Waals surface area contributed by atoms with Gasteiger partial charge in [-0.25, -0.2) is 0 Å². The van der Waals surface area contributed by atoms with E-state index in [4.69, 9.17) is 5.26 Å². The molecule has 0 aromatic rings. The van der Waals surface area contributed by atoms with Crippen LogP contribution in [-0.2, 0) is 4.74 Å². The molecule has 0 rings (SSSR count). The molecule has 0 bridgehead atoms. The lowest BCUT2D eigenvalue weighted by molar-refractivity contribution is 0.338. The Kier molecular flexibility index (Phi) is 4.25. The van der Waals surface area contributed by atoms with E-state index in [2.05, 4.69) is 4.74 Å². The molecule has 0 saturated carbocycles. The summed E-state index contributed by atoms with van der Waals surface area (Å²) in [5, 5.41) is 8.13. The Morgan fingerprint density at radius 3 is 2.78 bits per heavy atom. The minimum atomic E-state index is 0.888. The zero-order valence-corrected chi connectivity index (χ0v) is 5.59. The van der Waals surface area contributed by atoms with Crippen LogP contribution in [0.4, 0.5) is 0 Å². The molecule has 0 atom stereocenters. The molecular weight excluding hydrogens is 114 g/mol. The summed E-state index contributed by atoms with van der Waals surface area (Å²) in [7, 11) is 1.57. The van der Waals surface area contributed by atoms with E-state index in [1.165, 1.54) is 12.3 Å². The van der Waals surface area contributed by atoms with Crippen LogP contribution >= 0.6 is 0 Å². The number of allylic oxidation sites excluding steroid dienone is 3. The summed E-state index contributed by atoms with van der Waals surface area (Å²) < 4.78 is 4.63. The van der Waals surface area contributed by atoms with Crippen molar-refractivity contribution >= 4 is 0 Å². The maximum Gasteiger partial charge on any atom is 0.0914 e. The average Bonchev–Trinajstić information content (AvgIpc) is 1.85. The molecule has 0 radical (unpaired) electrons. The van der Waals surface area contributed by atoms with Gasteiger partial charge in [-0.15, -0.1) is 0 Å². The monoisotopic (exact) mass is 123 g/mol. The average molecular weight is 123 g/mol. The number of hydrogen-bond donors (Lipinski definition) is 0. The van der Waals surface area contributed by atoms with Crippen molar-refractivity contribution in [1.29, 1.82) is 5.26 Å². The van der Waals surface area contributed by atoms with Gasteiger partial charge in [0.05, 0.1) is 19.4 Å². The van der Waals surface area contributed by atoms with Gasteiger partial charge in [-0.1, -0.05) is 0 Å². The van der Waals surface area contributed by atoms with Gasteiger partial charge in [-0.3, -0.25) is 0 Å². The summed E-state index contributed by atoms with van der Waals surface area (Å²) in [6, 6.07) is 1.91. The Hall–Kier alpha value is -1.23. The van der Waals surface area contributed by atoms with Gasteiger partial charge in [-0.05, 0) is 18.6 Å². The smallest absolute Gasteiger partial charge is 0.0914 e. The first-order valence-electron chi connectivity index (χ1n) is 2.57. The molecule has 0 fully saturated rings. The number of nitriles is 1. The summed E-state index contributed by atoms with van der Waals surface area (Å²) in [6.45, 7) is 1.83. The van der Waals surface area contributed by atoms with Gasteiger partial charge in [0.15, 0.2) is 0 Å². The molecule has 0 aliphatic carbocycles. The highest BCUT2D eigenvalue weighted by molar-refractivity contribution is 5.21. The summed E-state index contributed by atoms with van der Waals surface area (Å²) in [5.41, 5.74) is 0.888. The number of nitrogens with zero attached hydrogens (tertiary/aromatic N) is 1. The van der Waals surface area contributed by atoms with Gasteiger partial charge >= 0.3 is 0 Å². The van der Waals surface area contributed by atoms with Crippen molar-refractivity contribution in [3.8, 4) is 6.07 Å². The zero-order chi connectivity index (χ0) is 7.11. The van der Waals surface area contributed by atoms with Crippen LogP contribution in [0.2, 0.25) is 0 Å². The van der Waals surface area contributed by atoms with Gasteiger partial charge in [0.1, 0.15) is 0 Å². The van der Waals surface area contributed by atoms with Crippen molar-refractivity contribution in [3.05, 3.63) is 24.0 Å². The Morgan fingerprint density at radius 1 is 1.67 bits per heavy atom. The molecule has 0 aromatic carbocycles. The van der Waals surface area contributed by atoms with Crippen LogP contribution in [0.3, 0.4) is 0 Å². The fourth-order valence-electron chi connectivity index (χ4n) is 0.325. The summed E-state index contributed by atoms with van der Waals surface area (Å²) in [4.78, 5) is 0. The first kappa shape index (κ1) is 7.77. The van der Waals surface area contributed by atoms with E-state index in [0.29, 0.717) is 0 Å². The lowest BCUT2D eigenvalue weighted by Gasteiger charge is -1.85. The fourth-order valence-corrected chi connectivity index (χ4v) is 0.325. The Balaban J connectivity index is 3.79. The fraction of sp³-hybridized carbons (Fsp3) is 0.286. The topological polar surface area (TPSA) is 33.0 Å². The largest absolute Gasteiger partial charge is 0.504 e. The van der Waals surface area contributed by atoms with Gasteiger partial charge < -0.3 is 4.74 Å². The zero-order valence-electron chi connectivity index (χ0n) is 5.59. The second kappa shape index (κ2) is 4.92. The molecule has 2 nitrogen and oxygen atoms in total. The predicted molar refractivity (Wildman–Crippen MR) is 35.5 cm³/mol. The molecule has 0 heterocycles. The van der Waals surface area contributed by atoms with Gasteiger partial charge in [0.25, 0.3) is 0 Å². The normalized spacial score (nSPS) is 11.4. The highest BCUT2D eigenvalue weighted by Crippen LogP contribution is 1.92. The van der Waals surface area contributed by atoms with Crippen molar-refractivity contribution in [2.75, 3.05) is 7.11 Å². The molecule has 0 saturated heterocycles. The van der Waals surface area contributed by atoms with E-state index in [1.54, 1.807) is 13.2 Å². The van der Waals surface area contributed by atoms with Crippen LogP contribution in [0.15, 0.2) is 24.0 Å². The van der Waals surface area contributed by atoms with Gasteiger partial charge in [0.2, 0.25) is 0 Å².